The van der Waals surface area contributed by atoms with Gasteiger partial charge in [-0.25, -0.2) is 0 Å². The molecule has 0 radical (unpaired) electrons. The molecule has 0 aromatic carbocycles. The lowest BCUT2D eigenvalue weighted by Crippen LogP contribution is -2.43. The van der Waals surface area contributed by atoms with Gasteiger partial charge in [0.2, 0.25) is 5.91 Å². The van der Waals surface area contributed by atoms with Crippen LogP contribution in [0.5, 0.6) is 0 Å². The predicted octanol–water partition coefficient (Wildman–Crippen LogP) is 3.35. The molecule has 0 saturated heterocycles. The van der Waals surface area contributed by atoms with Crippen molar-refractivity contribution in [3.63, 3.8) is 0 Å². The Morgan fingerprint density at radius 1 is 1.20 bits per heavy atom. The topological polar surface area (TPSA) is 66.4 Å². The van der Waals surface area contributed by atoms with Crippen molar-refractivity contribution < 1.29 is 14.7 Å². The first kappa shape index (κ1) is 17.0. The Labute approximate surface area is 122 Å². The zero-order valence-corrected chi connectivity index (χ0v) is 13.1. The van der Waals surface area contributed by atoms with Crippen LogP contribution in [0.25, 0.3) is 0 Å². The molecule has 0 aromatic heterocycles. The molecule has 4 heteroatoms. The Bertz CT molecular complexity index is 331. The van der Waals surface area contributed by atoms with E-state index in [1.165, 1.54) is 32.1 Å². The van der Waals surface area contributed by atoms with E-state index in [1.54, 1.807) is 0 Å². The summed E-state index contributed by atoms with van der Waals surface area (Å²) >= 11 is 0. The Morgan fingerprint density at radius 3 is 2.20 bits per heavy atom. The zero-order chi connectivity index (χ0) is 15.2. The second-order valence-electron chi connectivity index (χ2n) is 6.22. The summed E-state index contributed by atoms with van der Waals surface area (Å²) in [5.41, 5.74) is -0.906. The second kappa shape index (κ2) is 7.65. The zero-order valence-electron chi connectivity index (χ0n) is 13.1. The van der Waals surface area contributed by atoms with Gasteiger partial charge in [0.1, 0.15) is 0 Å². The van der Waals surface area contributed by atoms with Crippen LogP contribution in [0, 0.1) is 11.3 Å². The smallest absolute Gasteiger partial charge is 0.310 e. The maximum absolute atomic E-state index is 12.2. The van der Waals surface area contributed by atoms with Crippen LogP contribution < -0.4 is 5.32 Å². The van der Waals surface area contributed by atoms with E-state index in [0.29, 0.717) is 18.8 Å². The molecular weight excluding hydrogens is 254 g/mol. The normalized spacial score (nSPS) is 18.6. The van der Waals surface area contributed by atoms with E-state index in [2.05, 4.69) is 5.32 Å². The van der Waals surface area contributed by atoms with Crippen molar-refractivity contribution in [1.29, 1.82) is 0 Å². The van der Waals surface area contributed by atoms with Gasteiger partial charge in [0.15, 0.2) is 0 Å². The number of carboxylic acid groups (broad SMARTS) is 1. The van der Waals surface area contributed by atoms with E-state index in [1.807, 2.05) is 20.8 Å². The highest BCUT2D eigenvalue weighted by Gasteiger charge is 2.37. The standard InChI is InChI=1S/C16H29NO3/c1-4-16(5-2,15(19)20)11-14(18)17-12(3)13-9-7-6-8-10-13/h12-13H,4-11H2,1-3H3,(H,17,18)(H,19,20). The van der Waals surface area contributed by atoms with Crippen LogP contribution in [-0.2, 0) is 9.59 Å². The maximum atomic E-state index is 12.2. The number of carboxylic acids is 1. The molecular formula is C16H29NO3. The molecule has 0 aliphatic heterocycles. The van der Waals surface area contributed by atoms with E-state index < -0.39 is 11.4 Å². The summed E-state index contributed by atoms with van der Waals surface area (Å²) in [4.78, 5) is 23.6. The molecule has 0 heterocycles. The summed E-state index contributed by atoms with van der Waals surface area (Å²) in [6.45, 7) is 5.74. The molecule has 0 spiro atoms. The Balaban J connectivity index is 2.54. The van der Waals surface area contributed by atoms with E-state index in [9.17, 15) is 14.7 Å². The van der Waals surface area contributed by atoms with Crippen molar-refractivity contribution >= 4 is 11.9 Å². The quantitative estimate of drug-likeness (QED) is 0.753. The SMILES string of the molecule is CCC(CC)(CC(=O)NC(C)C1CCCCC1)C(=O)O. The Morgan fingerprint density at radius 2 is 1.75 bits per heavy atom. The summed E-state index contributed by atoms with van der Waals surface area (Å²) < 4.78 is 0. The molecule has 1 rings (SSSR count). The van der Waals surface area contributed by atoms with Crippen LogP contribution in [0.1, 0.15) is 72.1 Å². The van der Waals surface area contributed by atoms with Crippen LogP contribution in [0.4, 0.5) is 0 Å². The molecule has 1 amide bonds. The first-order valence-corrected chi connectivity index (χ1v) is 7.98. The van der Waals surface area contributed by atoms with Gasteiger partial charge in [-0.2, -0.15) is 0 Å². The monoisotopic (exact) mass is 283 g/mol. The molecule has 20 heavy (non-hydrogen) atoms. The number of aliphatic carboxylic acids is 1. The van der Waals surface area contributed by atoms with Gasteiger partial charge in [-0.3, -0.25) is 9.59 Å². The van der Waals surface area contributed by atoms with Gasteiger partial charge in [0, 0.05) is 12.5 Å². The molecule has 1 aliphatic carbocycles. The minimum atomic E-state index is -0.906. The molecule has 1 atom stereocenters. The summed E-state index contributed by atoms with van der Waals surface area (Å²) in [5, 5.41) is 12.4. The van der Waals surface area contributed by atoms with Gasteiger partial charge in [0.05, 0.1) is 5.41 Å². The number of hydrogen-bond donors (Lipinski definition) is 2. The van der Waals surface area contributed by atoms with Crippen LogP contribution in [-0.4, -0.2) is 23.0 Å². The van der Waals surface area contributed by atoms with E-state index >= 15 is 0 Å². The van der Waals surface area contributed by atoms with Gasteiger partial charge < -0.3 is 10.4 Å². The Kier molecular flexibility index (Phi) is 6.50. The summed E-state index contributed by atoms with van der Waals surface area (Å²) in [6.07, 6.45) is 7.20. The average Bonchev–Trinajstić information content (AvgIpc) is 2.45. The lowest BCUT2D eigenvalue weighted by molar-refractivity contribution is -0.152. The van der Waals surface area contributed by atoms with Gasteiger partial charge in [0.25, 0.3) is 0 Å². The lowest BCUT2D eigenvalue weighted by Gasteiger charge is -2.30. The number of rotatable bonds is 7. The van der Waals surface area contributed by atoms with Crippen molar-refractivity contribution in [1.82, 2.24) is 5.32 Å². The molecule has 1 unspecified atom stereocenters. The van der Waals surface area contributed by atoms with E-state index in [4.69, 9.17) is 0 Å². The van der Waals surface area contributed by atoms with Crippen LogP contribution >= 0.6 is 0 Å². The minimum Gasteiger partial charge on any atom is -0.481 e. The number of nitrogens with one attached hydrogen (secondary N) is 1. The van der Waals surface area contributed by atoms with Crippen molar-refractivity contribution in [2.75, 3.05) is 0 Å². The minimum absolute atomic E-state index is 0.0897. The van der Waals surface area contributed by atoms with Crippen molar-refractivity contribution in [2.24, 2.45) is 11.3 Å². The predicted molar refractivity (Wildman–Crippen MR) is 79.4 cm³/mol. The fourth-order valence-electron chi connectivity index (χ4n) is 3.24. The number of carbonyl (C=O) groups is 2. The number of carbonyl (C=O) groups excluding carboxylic acids is 1. The fourth-order valence-corrected chi connectivity index (χ4v) is 3.24. The molecule has 0 bridgehead atoms. The first-order chi connectivity index (χ1) is 9.45. The van der Waals surface area contributed by atoms with Gasteiger partial charge in [-0.15, -0.1) is 0 Å². The first-order valence-electron chi connectivity index (χ1n) is 7.98. The third-order valence-corrected chi connectivity index (χ3v) is 5.05. The average molecular weight is 283 g/mol. The van der Waals surface area contributed by atoms with Crippen LogP contribution in [0.15, 0.2) is 0 Å². The van der Waals surface area contributed by atoms with E-state index in [-0.39, 0.29) is 18.4 Å². The summed E-state index contributed by atoms with van der Waals surface area (Å²) in [7, 11) is 0. The van der Waals surface area contributed by atoms with Crippen molar-refractivity contribution in [2.45, 2.75) is 78.2 Å². The second-order valence-corrected chi connectivity index (χ2v) is 6.22. The molecule has 1 fully saturated rings. The molecule has 4 nitrogen and oxygen atoms in total. The summed E-state index contributed by atoms with van der Waals surface area (Å²) in [6, 6.07) is 0.156. The third kappa shape index (κ3) is 4.22. The fraction of sp³-hybridized carbons (Fsp3) is 0.875. The molecule has 0 aromatic rings. The molecule has 116 valence electrons. The molecule has 2 N–H and O–H groups in total. The van der Waals surface area contributed by atoms with Gasteiger partial charge in [-0.1, -0.05) is 33.1 Å². The van der Waals surface area contributed by atoms with Crippen molar-refractivity contribution in [3.8, 4) is 0 Å². The van der Waals surface area contributed by atoms with Crippen molar-refractivity contribution in [3.05, 3.63) is 0 Å². The Hall–Kier alpha value is -1.06. The van der Waals surface area contributed by atoms with Gasteiger partial charge in [-0.05, 0) is 38.5 Å². The highest BCUT2D eigenvalue weighted by Crippen LogP contribution is 2.31. The summed E-state index contributed by atoms with van der Waals surface area (Å²) in [5.74, 6) is -0.424. The number of amides is 1. The molecule has 1 saturated carbocycles. The lowest BCUT2D eigenvalue weighted by atomic mass is 9.78. The van der Waals surface area contributed by atoms with Crippen LogP contribution in [0.2, 0.25) is 0 Å². The largest absolute Gasteiger partial charge is 0.481 e. The number of hydrogen-bond acceptors (Lipinski definition) is 2. The van der Waals surface area contributed by atoms with E-state index in [0.717, 1.165) is 0 Å². The highest BCUT2D eigenvalue weighted by molar-refractivity contribution is 5.85. The third-order valence-electron chi connectivity index (χ3n) is 5.05. The van der Waals surface area contributed by atoms with Crippen LogP contribution in [0.3, 0.4) is 0 Å². The van der Waals surface area contributed by atoms with Gasteiger partial charge >= 0.3 is 5.97 Å². The highest BCUT2D eigenvalue weighted by atomic mass is 16.4. The molecule has 1 aliphatic rings. The maximum Gasteiger partial charge on any atom is 0.310 e.